The van der Waals surface area contributed by atoms with Crippen molar-refractivity contribution in [3.8, 4) is 5.75 Å². The van der Waals surface area contributed by atoms with Gasteiger partial charge in [0.1, 0.15) is 5.75 Å². The molecule has 1 aromatic carbocycles. The number of rotatable bonds is 5. The highest BCUT2D eigenvalue weighted by Gasteiger charge is 2.24. The van der Waals surface area contributed by atoms with Gasteiger partial charge in [0.05, 0.1) is 11.6 Å². The molecule has 0 aliphatic carbocycles. The average Bonchev–Trinajstić information content (AvgIpc) is 2.46. The van der Waals surface area contributed by atoms with Gasteiger partial charge < -0.3 is 15.4 Å². The Morgan fingerprint density at radius 1 is 1.48 bits per heavy atom. The van der Waals surface area contributed by atoms with Crippen molar-refractivity contribution in [1.29, 1.82) is 0 Å². The minimum Gasteiger partial charge on any atom is -0.492 e. The van der Waals surface area contributed by atoms with Gasteiger partial charge in [-0.05, 0) is 50.4 Å². The van der Waals surface area contributed by atoms with Crippen LogP contribution in [0.25, 0.3) is 0 Å². The maximum absolute atomic E-state index is 12.3. The van der Waals surface area contributed by atoms with E-state index in [-0.39, 0.29) is 24.2 Å². The van der Waals surface area contributed by atoms with E-state index in [1.807, 2.05) is 12.1 Å². The van der Waals surface area contributed by atoms with Crippen LogP contribution in [-0.4, -0.2) is 25.1 Å². The molecule has 130 valence electrons. The van der Waals surface area contributed by atoms with Crippen molar-refractivity contribution in [2.45, 2.75) is 39.7 Å². The van der Waals surface area contributed by atoms with Crippen molar-refractivity contribution in [2.75, 3.05) is 18.5 Å². The summed E-state index contributed by atoms with van der Waals surface area (Å²) in [4.78, 5) is 12.3. The normalized spacial score (nSPS) is 20.7. The van der Waals surface area contributed by atoms with E-state index in [0.29, 0.717) is 29.3 Å². The maximum Gasteiger partial charge on any atom is 0.227 e. The highest BCUT2D eigenvalue weighted by Crippen LogP contribution is 2.28. The zero-order valence-electron chi connectivity index (χ0n) is 13.9. The fourth-order valence-corrected chi connectivity index (χ4v) is 2.80. The van der Waals surface area contributed by atoms with Gasteiger partial charge in [0, 0.05) is 17.6 Å². The summed E-state index contributed by atoms with van der Waals surface area (Å²) in [5, 5.41) is 6.84. The van der Waals surface area contributed by atoms with Gasteiger partial charge in [0.15, 0.2) is 0 Å². The maximum atomic E-state index is 12.3. The second kappa shape index (κ2) is 9.36. The van der Waals surface area contributed by atoms with E-state index in [4.69, 9.17) is 16.3 Å². The fraction of sp³-hybridized carbons (Fsp3) is 0.588. The zero-order valence-corrected chi connectivity index (χ0v) is 15.5. The molecule has 0 spiro atoms. The SMILES string of the molecule is CC(C)COc1ccc(NC(=O)[C@H]2CCN[C@@H](C)C2)cc1Cl.Cl. The van der Waals surface area contributed by atoms with E-state index >= 15 is 0 Å². The van der Waals surface area contributed by atoms with E-state index in [0.717, 1.165) is 25.1 Å². The first-order valence-corrected chi connectivity index (χ1v) is 8.30. The summed E-state index contributed by atoms with van der Waals surface area (Å²) < 4.78 is 5.64. The molecule has 1 saturated heterocycles. The molecule has 0 bridgehead atoms. The van der Waals surface area contributed by atoms with E-state index < -0.39 is 0 Å². The predicted molar refractivity (Wildman–Crippen MR) is 97.9 cm³/mol. The van der Waals surface area contributed by atoms with E-state index in [1.54, 1.807) is 6.07 Å². The van der Waals surface area contributed by atoms with Crippen LogP contribution in [0.3, 0.4) is 0 Å². The summed E-state index contributed by atoms with van der Waals surface area (Å²) in [6.07, 6.45) is 1.74. The van der Waals surface area contributed by atoms with Crippen LogP contribution >= 0.6 is 24.0 Å². The molecular weight excluding hydrogens is 335 g/mol. The van der Waals surface area contributed by atoms with Gasteiger partial charge in [-0.2, -0.15) is 0 Å². The van der Waals surface area contributed by atoms with Crippen molar-refractivity contribution in [2.24, 2.45) is 11.8 Å². The number of carbonyl (C=O) groups excluding carboxylic acids is 1. The quantitative estimate of drug-likeness (QED) is 0.829. The molecule has 1 heterocycles. The van der Waals surface area contributed by atoms with Crippen molar-refractivity contribution in [3.63, 3.8) is 0 Å². The highest BCUT2D eigenvalue weighted by atomic mass is 35.5. The second-order valence-electron chi connectivity index (χ2n) is 6.42. The van der Waals surface area contributed by atoms with E-state index in [2.05, 4.69) is 31.4 Å². The smallest absolute Gasteiger partial charge is 0.227 e. The third kappa shape index (κ3) is 6.21. The van der Waals surface area contributed by atoms with Gasteiger partial charge in [-0.15, -0.1) is 12.4 Å². The van der Waals surface area contributed by atoms with Gasteiger partial charge >= 0.3 is 0 Å². The topological polar surface area (TPSA) is 50.4 Å². The summed E-state index contributed by atoms with van der Waals surface area (Å²) in [6, 6.07) is 5.79. The van der Waals surface area contributed by atoms with Crippen LogP contribution < -0.4 is 15.4 Å². The predicted octanol–water partition coefficient (Wildman–Crippen LogP) is 4.12. The summed E-state index contributed by atoms with van der Waals surface area (Å²) in [7, 11) is 0. The molecule has 0 unspecified atom stereocenters. The Labute approximate surface area is 149 Å². The minimum absolute atomic E-state index is 0. The first-order chi connectivity index (χ1) is 10.5. The summed E-state index contributed by atoms with van der Waals surface area (Å²) in [6.45, 7) is 7.79. The van der Waals surface area contributed by atoms with Crippen LogP contribution in [0.1, 0.15) is 33.6 Å². The van der Waals surface area contributed by atoms with Crippen molar-refractivity contribution >= 4 is 35.6 Å². The van der Waals surface area contributed by atoms with Crippen LogP contribution in [0.15, 0.2) is 18.2 Å². The number of halogens is 2. The summed E-state index contributed by atoms with van der Waals surface area (Å²) in [5.74, 6) is 1.23. The number of carbonyl (C=O) groups is 1. The highest BCUT2D eigenvalue weighted by molar-refractivity contribution is 6.32. The monoisotopic (exact) mass is 360 g/mol. The molecular formula is C17H26Cl2N2O2. The lowest BCUT2D eigenvalue weighted by atomic mass is 9.92. The number of anilines is 1. The molecule has 1 aliphatic heterocycles. The van der Waals surface area contributed by atoms with Crippen LogP contribution in [0.2, 0.25) is 5.02 Å². The number of hydrogen-bond donors (Lipinski definition) is 2. The number of piperidine rings is 1. The minimum atomic E-state index is 0. The molecule has 1 amide bonds. The molecule has 2 rings (SSSR count). The number of ether oxygens (including phenoxy) is 1. The van der Waals surface area contributed by atoms with Crippen LogP contribution in [0.5, 0.6) is 5.75 Å². The molecule has 2 atom stereocenters. The lowest BCUT2D eigenvalue weighted by Gasteiger charge is -2.27. The molecule has 6 heteroatoms. The van der Waals surface area contributed by atoms with Crippen molar-refractivity contribution < 1.29 is 9.53 Å². The fourth-order valence-electron chi connectivity index (χ4n) is 2.57. The van der Waals surface area contributed by atoms with Crippen LogP contribution in [-0.2, 0) is 4.79 Å². The molecule has 4 nitrogen and oxygen atoms in total. The molecule has 0 aromatic heterocycles. The lowest BCUT2D eigenvalue weighted by Crippen LogP contribution is -2.40. The molecule has 0 radical (unpaired) electrons. The first-order valence-electron chi connectivity index (χ1n) is 7.92. The number of amides is 1. The van der Waals surface area contributed by atoms with E-state index in [1.165, 1.54) is 0 Å². The zero-order chi connectivity index (χ0) is 16.1. The molecule has 23 heavy (non-hydrogen) atoms. The molecule has 1 fully saturated rings. The van der Waals surface area contributed by atoms with Crippen LogP contribution in [0, 0.1) is 11.8 Å². The summed E-state index contributed by atoms with van der Waals surface area (Å²) in [5.41, 5.74) is 0.720. The van der Waals surface area contributed by atoms with Gasteiger partial charge in [-0.1, -0.05) is 25.4 Å². The largest absolute Gasteiger partial charge is 0.492 e. The third-order valence-corrected chi connectivity index (χ3v) is 4.06. The van der Waals surface area contributed by atoms with Crippen molar-refractivity contribution in [3.05, 3.63) is 23.2 Å². The molecule has 1 aliphatic rings. The Hall–Kier alpha value is -0.970. The number of benzene rings is 1. The Morgan fingerprint density at radius 2 is 2.22 bits per heavy atom. The number of nitrogens with one attached hydrogen (secondary N) is 2. The Bertz CT molecular complexity index is 523. The molecule has 2 N–H and O–H groups in total. The van der Waals surface area contributed by atoms with Gasteiger partial charge in [0.2, 0.25) is 5.91 Å². The first kappa shape index (κ1) is 20.1. The van der Waals surface area contributed by atoms with Gasteiger partial charge in [-0.25, -0.2) is 0 Å². The molecule has 1 aromatic rings. The Morgan fingerprint density at radius 3 is 2.83 bits per heavy atom. The number of hydrogen-bond acceptors (Lipinski definition) is 3. The Kier molecular flexibility index (Phi) is 8.17. The molecule has 0 saturated carbocycles. The summed E-state index contributed by atoms with van der Waals surface area (Å²) >= 11 is 6.22. The van der Waals surface area contributed by atoms with E-state index in [9.17, 15) is 4.79 Å². The lowest BCUT2D eigenvalue weighted by molar-refractivity contribution is -0.120. The third-order valence-electron chi connectivity index (χ3n) is 3.77. The van der Waals surface area contributed by atoms with Gasteiger partial charge in [0.25, 0.3) is 0 Å². The van der Waals surface area contributed by atoms with Crippen molar-refractivity contribution in [1.82, 2.24) is 5.32 Å². The average molecular weight is 361 g/mol. The van der Waals surface area contributed by atoms with Crippen LogP contribution in [0.4, 0.5) is 5.69 Å². The standard InChI is InChI=1S/C17H25ClN2O2.ClH/c1-11(2)10-22-16-5-4-14(9-15(16)18)20-17(21)13-6-7-19-12(3)8-13;/h4-5,9,11-13,19H,6-8,10H2,1-3H3,(H,20,21);1H/t12-,13-;/m0./s1. The second-order valence-corrected chi connectivity index (χ2v) is 6.82. The van der Waals surface area contributed by atoms with Gasteiger partial charge in [-0.3, -0.25) is 4.79 Å². The Balaban J connectivity index is 0.00000264.